The Kier molecular flexibility index (Phi) is 5.00. The summed E-state index contributed by atoms with van der Waals surface area (Å²) >= 11 is 3.49. The molecule has 1 aromatic rings. The van der Waals surface area contributed by atoms with E-state index in [-0.39, 0.29) is 5.75 Å². The summed E-state index contributed by atoms with van der Waals surface area (Å²) < 4.78 is 23.0. The fourth-order valence-corrected chi connectivity index (χ4v) is 3.60. The molecule has 1 saturated heterocycles. The van der Waals surface area contributed by atoms with Crippen molar-refractivity contribution in [1.82, 2.24) is 4.90 Å². The first-order valence-corrected chi connectivity index (χ1v) is 8.96. The van der Waals surface area contributed by atoms with E-state index in [4.69, 9.17) is 5.14 Å². The van der Waals surface area contributed by atoms with E-state index in [1.54, 1.807) is 0 Å². The molecule has 1 unspecified atom stereocenters. The van der Waals surface area contributed by atoms with Crippen molar-refractivity contribution in [1.29, 1.82) is 0 Å². The zero-order chi connectivity index (χ0) is 13.9. The third-order valence-corrected chi connectivity index (χ3v) is 4.82. The molecule has 1 heterocycles. The lowest BCUT2D eigenvalue weighted by atomic mass is 10.0. The summed E-state index contributed by atoms with van der Waals surface area (Å²) in [4.78, 5) is 2.35. The lowest BCUT2D eigenvalue weighted by Gasteiger charge is -2.24. The maximum Gasteiger partial charge on any atom is 0.209 e. The molecule has 0 bridgehead atoms. The molecular weight excluding hydrogens is 328 g/mol. The van der Waals surface area contributed by atoms with Gasteiger partial charge in [0.05, 0.1) is 5.75 Å². The van der Waals surface area contributed by atoms with Crippen LogP contribution in [0.1, 0.15) is 30.9 Å². The van der Waals surface area contributed by atoms with E-state index in [0.29, 0.717) is 12.5 Å². The summed E-state index contributed by atoms with van der Waals surface area (Å²) in [7, 11) is -3.34. The molecule has 0 spiro atoms. The van der Waals surface area contributed by atoms with E-state index in [0.717, 1.165) is 30.4 Å². The Balaban J connectivity index is 1.97. The summed E-state index contributed by atoms with van der Waals surface area (Å²) in [5, 5.41) is 5.03. The highest BCUT2D eigenvalue weighted by molar-refractivity contribution is 9.10. The summed E-state index contributed by atoms with van der Waals surface area (Å²) in [5.41, 5.74) is 1.29. The molecule has 2 rings (SSSR count). The standard InChI is InChI=1S/C13H19BrN2O2S/c14-12-5-1-4-11(10-12)13-6-2-7-16(13)8-3-9-19(15,17)18/h1,4-5,10,13H,2-3,6-9H2,(H2,15,17,18). The highest BCUT2D eigenvalue weighted by atomic mass is 79.9. The van der Waals surface area contributed by atoms with Crippen molar-refractivity contribution in [2.75, 3.05) is 18.8 Å². The quantitative estimate of drug-likeness (QED) is 0.889. The molecule has 4 nitrogen and oxygen atoms in total. The van der Waals surface area contributed by atoms with E-state index in [1.165, 1.54) is 5.56 Å². The zero-order valence-electron chi connectivity index (χ0n) is 10.8. The first kappa shape index (κ1) is 15.0. The average Bonchev–Trinajstić information content (AvgIpc) is 2.75. The summed E-state index contributed by atoms with van der Waals surface area (Å²) in [6.07, 6.45) is 2.89. The lowest BCUT2D eigenvalue weighted by Crippen LogP contribution is -2.27. The van der Waals surface area contributed by atoms with Crippen molar-refractivity contribution in [3.63, 3.8) is 0 Å². The van der Waals surface area contributed by atoms with Gasteiger partial charge in [0.25, 0.3) is 0 Å². The van der Waals surface area contributed by atoms with Crippen molar-refractivity contribution in [3.8, 4) is 0 Å². The van der Waals surface area contributed by atoms with E-state index >= 15 is 0 Å². The first-order valence-electron chi connectivity index (χ1n) is 6.46. The van der Waals surface area contributed by atoms with Crippen LogP contribution in [0.25, 0.3) is 0 Å². The van der Waals surface area contributed by atoms with Crippen molar-refractivity contribution < 1.29 is 8.42 Å². The van der Waals surface area contributed by atoms with Gasteiger partial charge in [-0.1, -0.05) is 28.1 Å². The Labute approximate surface area is 123 Å². The van der Waals surface area contributed by atoms with Crippen LogP contribution in [-0.4, -0.2) is 32.2 Å². The molecule has 106 valence electrons. The zero-order valence-corrected chi connectivity index (χ0v) is 13.2. The van der Waals surface area contributed by atoms with Gasteiger partial charge in [0.2, 0.25) is 10.0 Å². The number of halogens is 1. The monoisotopic (exact) mass is 346 g/mol. The third kappa shape index (κ3) is 4.56. The van der Waals surface area contributed by atoms with Gasteiger partial charge in [-0.05, 0) is 50.0 Å². The predicted octanol–water partition coefficient (Wildman–Crippen LogP) is 2.26. The SMILES string of the molecule is NS(=O)(=O)CCCN1CCCC1c1cccc(Br)c1. The van der Waals surface area contributed by atoms with Gasteiger partial charge >= 0.3 is 0 Å². The van der Waals surface area contributed by atoms with Gasteiger partial charge in [0.1, 0.15) is 0 Å². The number of nitrogens with two attached hydrogens (primary N) is 1. The number of hydrogen-bond donors (Lipinski definition) is 1. The van der Waals surface area contributed by atoms with Gasteiger partial charge in [0, 0.05) is 10.5 Å². The fraction of sp³-hybridized carbons (Fsp3) is 0.538. The predicted molar refractivity (Wildman–Crippen MR) is 80.3 cm³/mol. The number of benzene rings is 1. The third-order valence-electron chi connectivity index (χ3n) is 3.47. The van der Waals surface area contributed by atoms with E-state index < -0.39 is 10.0 Å². The minimum atomic E-state index is -3.34. The van der Waals surface area contributed by atoms with Crippen LogP contribution in [0.3, 0.4) is 0 Å². The van der Waals surface area contributed by atoms with Crippen LogP contribution in [0.2, 0.25) is 0 Å². The minimum Gasteiger partial charge on any atom is -0.296 e. The molecule has 1 aliphatic heterocycles. The van der Waals surface area contributed by atoms with Gasteiger partial charge in [-0.15, -0.1) is 0 Å². The maximum absolute atomic E-state index is 11.0. The topological polar surface area (TPSA) is 63.4 Å². The summed E-state index contributed by atoms with van der Waals surface area (Å²) in [6.45, 7) is 1.81. The van der Waals surface area contributed by atoms with Crippen molar-refractivity contribution in [2.24, 2.45) is 5.14 Å². The number of rotatable bonds is 5. The molecule has 1 aromatic carbocycles. The van der Waals surface area contributed by atoms with E-state index in [9.17, 15) is 8.42 Å². The Morgan fingerprint density at radius 3 is 2.89 bits per heavy atom. The van der Waals surface area contributed by atoms with E-state index in [1.807, 2.05) is 12.1 Å². The van der Waals surface area contributed by atoms with Gasteiger partial charge in [-0.2, -0.15) is 0 Å². The molecule has 0 saturated carbocycles. The molecule has 6 heteroatoms. The molecule has 2 N–H and O–H groups in total. The maximum atomic E-state index is 11.0. The normalized spacial score (nSPS) is 20.8. The lowest BCUT2D eigenvalue weighted by molar-refractivity contribution is 0.258. The minimum absolute atomic E-state index is 0.0642. The van der Waals surface area contributed by atoms with Gasteiger partial charge < -0.3 is 0 Å². The summed E-state index contributed by atoms with van der Waals surface area (Å²) in [6, 6.07) is 8.73. The Hall–Kier alpha value is -0.430. The molecule has 1 aliphatic rings. The smallest absolute Gasteiger partial charge is 0.209 e. The Morgan fingerprint density at radius 2 is 2.21 bits per heavy atom. The van der Waals surface area contributed by atoms with Crippen molar-refractivity contribution in [3.05, 3.63) is 34.3 Å². The van der Waals surface area contributed by atoms with Crippen molar-refractivity contribution >= 4 is 26.0 Å². The van der Waals surface area contributed by atoms with Gasteiger partial charge in [-0.25, -0.2) is 13.6 Å². The Morgan fingerprint density at radius 1 is 1.42 bits per heavy atom. The molecular formula is C13H19BrN2O2S. The van der Waals surface area contributed by atoms with Crippen LogP contribution in [0.15, 0.2) is 28.7 Å². The van der Waals surface area contributed by atoms with Crippen LogP contribution < -0.4 is 5.14 Å². The molecule has 19 heavy (non-hydrogen) atoms. The highest BCUT2D eigenvalue weighted by Crippen LogP contribution is 2.32. The Bertz CT molecular complexity index is 533. The molecule has 0 aromatic heterocycles. The summed E-state index contributed by atoms with van der Waals surface area (Å²) in [5.74, 6) is 0.0642. The average molecular weight is 347 g/mol. The fourth-order valence-electron chi connectivity index (χ4n) is 2.65. The van der Waals surface area contributed by atoms with Crippen LogP contribution in [0, 0.1) is 0 Å². The van der Waals surface area contributed by atoms with Crippen LogP contribution in [-0.2, 0) is 10.0 Å². The van der Waals surface area contributed by atoms with Crippen LogP contribution >= 0.6 is 15.9 Å². The number of primary sulfonamides is 1. The highest BCUT2D eigenvalue weighted by Gasteiger charge is 2.25. The number of sulfonamides is 1. The van der Waals surface area contributed by atoms with Crippen molar-refractivity contribution in [2.45, 2.75) is 25.3 Å². The first-order chi connectivity index (χ1) is 8.96. The molecule has 0 radical (unpaired) electrons. The van der Waals surface area contributed by atoms with E-state index in [2.05, 4.69) is 33.0 Å². The number of hydrogen-bond acceptors (Lipinski definition) is 3. The second-order valence-corrected chi connectivity index (χ2v) is 7.62. The van der Waals surface area contributed by atoms with Gasteiger partial charge in [-0.3, -0.25) is 4.90 Å². The molecule has 1 fully saturated rings. The molecule has 1 atom stereocenters. The largest absolute Gasteiger partial charge is 0.296 e. The second kappa shape index (κ2) is 6.35. The van der Waals surface area contributed by atoms with Gasteiger partial charge in [0.15, 0.2) is 0 Å². The molecule has 0 aliphatic carbocycles. The number of nitrogens with zero attached hydrogens (tertiary/aromatic N) is 1. The van der Waals surface area contributed by atoms with Crippen LogP contribution in [0.4, 0.5) is 0 Å². The van der Waals surface area contributed by atoms with Crippen LogP contribution in [0.5, 0.6) is 0 Å². The number of likely N-dealkylation sites (tertiary alicyclic amines) is 1. The molecule has 0 amide bonds. The second-order valence-electron chi connectivity index (χ2n) is 4.97.